The van der Waals surface area contributed by atoms with Crippen molar-refractivity contribution >= 4 is 11.9 Å². The number of amides is 1. The number of nitrogens with one attached hydrogen (secondary N) is 1. The van der Waals surface area contributed by atoms with Crippen LogP contribution in [0.5, 0.6) is 5.75 Å². The molecule has 0 radical (unpaired) electrons. The molecule has 0 aliphatic heterocycles. The van der Waals surface area contributed by atoms with Gasteiger partial charge in [0.1, 0.15) is 6.04 Å². The standard InChI is InChI=1S/C14H18FNO4/c1-8(2)12(14(18)20-4)16-13(17)9-5-6-11(19-3)10(15)7-9/h5-8,12H,1-4H3,(H,16,17)/t12-/m1/s1. The summed E-state index contributed by atoms with van der Waals surface area (Å²) in [4.78, 5) is 23.6. The zero-order chi connectivity index (χ0) is 15.3. The van der Waals surface area contributed by atoms with Crippen molar-refractivity contribution in [2.24, 2.45) is 5.92 Å². The quantitative estimate of drug-likeness (QED) is 0.836. The summed E-state index contributed by atoms with van der Waals surface area (Å²) in [7, 11) is 2.58. The fourth-order valence-corrected chi connectivity index (χ4v) is 1.66. The van der Waals surface area contributed by atoms with Gasteiger partial charge in [0.2, 0.25) is 0 Å². The average molecular weight is 283 g/mol. The number of halogens is 1. The molecule has 1 aromatic rings. The van der Waals surface area contributed by atoms with E-state index in [0.717, 1.165) is 6.07 Å². The highest BCUT2D eigenvalue weighted by Crippen LogP contribution is 2.18. The van der Waals surface area contributed by atoms with Crippen LogP contribution in [0.2, 0.25) is 0 Å². The van der Waals surface area contributed by atoms with Crippen molar-refractivity contribution < 1.29 is 23.5 Å². The van der Waals surface area contributed by atoms with Gasteiger partial charge in [0.05, 0.1) is 14.2 Å². The first-order chi connectivity index (χ1) is 9.40. The van der Waals surface area contributed by atoms with Crippen molar-refractivity contribution in [2.45, 2.75) is 19.9 Å². The van der Waals surface area contributed by atoms with Crippen LogP contribution < -0.4 is 10.1 Å². The van der Waals surface area contributed by atoms with Gasteiger partial charge in [0, 0.05) is 5.56 Å². The van der Waals surface area contributed by atoms with E-state index in [2.05, 4.69) is 10.1 Å². The van der Waals surface area contributed by atoms with Gasteiger partial charge in [0.25, 0.3) is 5.91 Å². The minimum absolute atomic E-state index is 0.0509. The normalized spacial score (nSPS) is 11.9. The molecule has 0 aromatic heterocycles. The van der Waals surface area contributed by atoms with Crippen LogP contribution >= 0.6 is 0 Å². The zero-order valence-corrected chi connectivity index (χ0v) is 11.9. The Labute approximate surface area is 117 Å². The molecule has 0 bridgehead atoms. The minimum atomic E-state index is -0.780. The molecule has 0 spiro atoms. The Bertz CT molecular complexity index is 502. The maximum Gasteiger partial charge on any atom is 0.328 e. The number of benzene rings is 1. The lowest BCUT2D eigenvalue weighted by atomic mass is 10.0. The maximum atomic E-state index is 13.5. The molecule has 6 heteroatoms. The second-order valence-corrected chi connectivity index (χ2v) is 4.57. The molecule has 0 saturated heterocycles. The van der Waals surface area contributed by atoms with Gasteiger partial charge in [-0.3, -0.25) is 4.79 Å². The van der Waals surface area contributed by atoms with Gasteiger partial charge in [-0.15, -0.1) is 0 Å². The highest BCUT2D eigenvalue weighted by atomic mass is 19.1. The van der Waals surface area contributed by atoms with Crippen LogP contribution in [0.4, 0.5) is 4.39 Å². The Morgan fingerprint density at radius 1 is 1.25 bits per heavy atom. The monoisotopic (exact) mass is 283 g/mol. The van der Waals surface area contributed by atoms with E-state index in [1.807, 2.05) is 0 Å². The summed E-state index contributed by atoms with van der Waals surface area (Å²) in [6.45, 7) is 3.55. The second kappa shape index (κ2) is 6.88. The van der Waals surface area contributed by atoms with Crippen molar-refractivity contribution in [1.29, 1.82) is 0 Å². The Morgan fingerprint density at radius 3 is 2.35 bits per heavy atom. The fourth-order valence-electron chi connectivity index (χ4n) is 1.66. The van der Waals surface area contributed by atoms with Crippen LogP contribution in [0, 0.1) is 11.7 Å². The third-order valence-corrected chi connectivity index (χ3v) is 2.82. The van der Waals surface area contributed by atoms with Gasteiger partial charge >= 0.3 is 5.97 Å². The van der Waals surface area contributed by atoms with Crippen molar-refractivity contribution in [1.82, 2.24) is 5.32 Å². The number of esters is 1. The zero-order valence-electron chi connectivity index (χ0n) is 11.9. The number of hydrogen-bond donors (Lipinski definition) is 1. The van der Waals surface area contributed by atoms with Gasteiger partial charge < -0.3 is 14.8 Å². The Hall–Kier alpha value is -2.11. The van der Waals surface area contributed by atoms with Crippen LogP contribution in [0.25, 0.3) is 0 Å². The third-order valence-electron chi connectivity index (χ3n) is 2.82. The molecule has 0 unspecified atom stereocenters. The summed E-state index contributed by atoms with van der Waals surface area (Å²) in [5.74, 6) is -1.82. The maximum absolute atomic E-state index is 13.5. The Morgan fingerprint density at radius 2 is 1.90 bits per heavy atom. The number of carbonyl (C=O) groups excluding carboxylic acids is 2. The topological polar surface area (TPSA) is 64.6 Å². The molecule has 110 valence electrons. The van der Waals surface area contributed by atoms with Gasteiger partial charge in [-0.2, -0.15) is 0 Å². The van der Waals surface area contributed by atoms with Crippen molar-refractivity contribution in [3.8, 4) is 5.75 Å². The molecule has 20 heavy (non-hydrogen) atoms. The number of ether oxygens (including phenoxy) is 2. The molecular formula is C14H18FNO4. The number of hydrogen-bond acceptors (Lipinski definition) is 4. The molecular weight excluding hydrogens is 265 g/mol. The largest absolute Gasteiger partial charge is 0.494 e. The first-order valence-electron chi connectivity index (χ1n) is 6.13. The number of methoxy groups -OCH3 is 2. The van der Waals surface area contributed by atoms with Gasteiger partial charge in [0.15, 0.2) is 11.6 Å². The Balaban J connectivity index is 2.89. The summed E-state index contributed by atoms with van der Waals surface area (Å²) in [5.41, 5.74) is 0.109. The van der Waals surface area contributed by atoms with Crippen molar-refractivity contribution in [2.75, 3.05) is 14.2 Å². The molecule has 0 aliphatic carbocycles. The SMILES string of the molecule is COC(=O)[C@H](NC(=O)c1ccc(OC)c(F)c1)C(C)C. The van der Waals surface area contributed by atoms with E-state index in [1.54, 1.807) is 13.8 Å². The minimum Gasteiger partial charge on any atom is -0.494 e. The van der Waals surface area contributed by atoms with E-state index < -0.39 is 23.7 Å². The lowest BCUT2D eigenvalue weighted by Gasteiger charge is -2.19. The lowest BCUT2D eigenvalue weighted by Crippen LogP contribution is -2.45. The molecule has 1 N–H and O–H groups in total. The Kier molecular flexibility index (Phi) is 5.49. The van der Waals surface area contributed by atoms with Crippen LogP contribution in [0.15, 0.2) is 18.2 Å². The van der Waals surface area contributed by atoms with Crippen LogP contribution in [-0.2, 0) is 9.53 Å². The molecule has 1 amide bonds. The molecule has 1 aromatic carbocycles. The lowest BCUT2D eigenvalue weighted by molar-refractivity contribution is -0.144. The van der Waals surface area contributed by atoms with E-state index in [-0.39, 0.29) is 17.2 Å². The molecule has 0 saturated carbocycles. The van der Waals surface area contributed by atoms with Crippen molar-refractivity contribution in [3.05, 3.63) is 29.6 Å². The first-order valence-corrected chi connectivity index (χ1v) is 6.13. The van der Waals surface area contributed by atoms with Crippen LogP contribution in [0.3, 0.4) is 0 Å². The van der Waals surface area contributed by atoms with E-state index >= 15 is 0 Å². The van der Waals surface area contributed by atoms with E-state index in [0.29, 0.717) is 0 Å². The van der Waals surface area contributed by atoms with Crippen LogP contribution in [-0.4, -0.2) is 32.1 Å². The molecule has 0 aliphatic rings. The molecule has 0 fully saturated rings. The first kappa shape index (κ1) is 15.9. The van der Waals surface area contributed by atoms with Gasteiger partial charge in [-0.25, -0.2) is 9.18 Å². The predicted molar refractivity (Wildman–Crippen MR) is 71.1 cm³/mol. The van der Waals surface area contributed by atoms with E-state index in [9.17, 15) is 14.0 Å². The number of carbonyl (C=O) groups is 2. The smallest absolute Gasteiger partial charge is 0.328 e. The highest BCUT2D eigenvalue weighted by molar-refractivity contribution is 5.97. The average Bonchev–Trinajstić information content (AvgIpc) is 2.43. The van der Waals surface area contributed by atoms with Crippen molar-refractivity contribution in [3.63, 3.8) is 0 Å². The summed E-state index contributed by atoms with van der Waals surface area (Å²) in [6, 6.07) is 3.05. The number of rotatable bonds is 5. The molecule has 0 heterocycles. The fraction of sp³-hybridized carbons (Fsp3) is 0.429. The summed E-state index contributed by atoms with van der Waals surface area (Å²) in [6.07, 6.45) is 0. The molecule has 5 nitrogen and oxygen atoms in total. The molecule has 1 rings (SSSR count). The van der Waals surface area contributed by atoms with Crippen LogP contribution in [0.1, 0.15) is 24.2 Å². The predicted octanol–water partition coefficient (Wildman–Crippen LogP) is 1.76. The summed E-state index contributed by atoms with van der Waals surface area (Å²) >= 11 is 0. The summed E-state index contributed by atoms with van der Waals surface area (Å²) in [5, 5.41) is 2.53. The van der Waals surface area contributed by atoms with E-state index in [4.69, 9.17) is 4.74 Å². The summed E-state index contributed by atoms with van der Waals surface area (Å²) < 4.78 is 22.9. The van der Waals surface area contributed by atoms with Gasteiger partial charge in [-0.1, -0.05) is 13.8 Å². The third kappa shape index (κ3) is 3.69. The molecule has 1 atom stereocenters. The highest BCUT2D eigenvalue weighted by Gasteiger charge is 2.25. The van der Waals surface area contributed by atoms with E-state index in [1.165, 1.54) is 26.4 Å². The van der Waals surface area contributed by atoms with Gasteiger partial charge in [-0.05, 0) is 24.1 Å². The second-order valence-electron chi connectivity index (χ2n) is 4.57.